The maximum atomic E-state index is 12.5. The molecule has 0 spiro atoms. The number of aromatic nitrogens is 1. The molecule has 1 saturated heterocycles. The molecule has 1 aromatic heterocycles. The van der Waals surface area contributed by atoms with Gasteiger partial charge in [-0.25, -0.2) is 4.98 Å². The van der Waals surface area contributed by atoms with Crippen LogP contribution in [0.5, 0.6) is 0 Å². The number of rotatable bonds is 7. The van der Waals surface area contributed by atoms with Crippen LogP contribution in [0.1, 0.15) is 44.9 Å². The average Bonchev–Trinajstić information content (AvgIpc) is 3.40. The molecule has 2 heterocycles. The molecule has 2 amide bonds. The quantitative estimate of drug-likeness (QED) is 0.640. The van der Waals surface area contributed by atoms with E-state index in [4.69, 9.17) is 4.74 Å². The number of hydrogen-bond acceptors (Lipinski definition) is 6. The Morgan fingerprint density at radius 2 is 2.03 bits per heavy atom. The summed E-state index contributed by atoms with van der Waals surface area (Å²) in [5.74, 6) is 0.620. The number of nitrogens with one attached hydrogen (secondary N) is 2. The number of hydrogen-bond donors (Lipinski definition) is 2. The highest BCUT2D eigenvalue weighted by Gasteiger charge is 2.21. The van der Waals surface area contributed by atoms with Crippen molar-refractivity contribution in [3.63, 3.8) is 0 Å². The molecular formula is C21H27N3O3S2. The van der Waals surface area contributed by atoms with Gasteiger partial charge in [0.2, 0.25) is 11.8 Å². The van der Waals surface area contributed by atoms with Crippen molar-refractivity contribution in [2.45, 2.75) is 55.4 Å². The summed E-state index contributed by atoms with van der Waals surface area (Å²) in [4.78, 5) is 29.1. The zero-order chi connectivity index (χ0) is 20.1. The highest BCUT2D eigenvalue weighted by atomic mass is 32.2. The van der Waals surface area contributed by atoms with Gasteiger partial charge in [0, 0.05) is 24.8 Å². The maximum absolute atomic E-state index is 12.5. The van der Waals surface area contributed by atoms with Crippen molar-refractivity contribution in [2.24, 2.45) is 5.92 Å². The summed E-state index contributed by atoms with van der Waals surface area (Å²) in [7, 11) is 0. The lowest BCUT2D eigenvalue weighted by atomic mass is 9.88. The lowest BCUT2D eigenvalue weighted by molar-refractivity contribution is -0.121. The first-order valence-electron chi connectivity index (χ1n) is 10.4. The van der Waals surface area contributed by atoms with Gasteiger partial charge in [0.15, 0.2) is 4.34 Å². The smallest absolute Gasteiger partial charge is 0.230 e. The van der Waals surface area contributed by atoms with Gasteiger partial charge in [-0.15, -0.1) is 11.3 Å². The van der Waals surface area contributed by atoms with E-state index in [1.165, 1.54) is 18.2 Å². The monoisotopic (exact) mass is 433 g/mol. The number of carbonyl (C=O) groups excluding carboxylic acids is 2. The lowest BCUT2D eigenvalue weighted by Gasteiger charge is -2.20. The molecule has 2 aliphatic rings. The molecule has 2 aromatic rings. The Balaban J connectivity index is 1.29. The second-order valence-electron chi connectivity index (χ2n) is 7.71. The predicted molar refractivity (Wildman–Crippen MR) is 118 cm³/mol. The summed E-state index contributed by atoms with van der Waals surface area (Å²) < 4.78 is 7.41. The summed E-state index contributed by atoms with van der Waals surface area (Å²) >= 11 is 3.00. The van der Waals surface area contributed by atoms with Crippen LogP contribution in [0.15, 0.2) is 22.5 Å². The lowest BCUT2D eigenvalue weighted by Crippen LogP contribution is -2.32. The molecule has 1 aromatic carbocycles. The van der Waals surface area contributed by atoms with E-state index >= 15 is 0 Å². The number of thioether (sulfide) groups is 1. The summed E-state index contributed by atoms with van der Waals surface area (Å²) in [6.45, 7) is 1.38. The zero-order valence-electron chi connectivity index (χ0n) is 16.4. The first kappa shape index (κ1) is 20.6. The Morgan fingerprint density at radius 1 is 1.17 bits per heavy atom. The molecule has 0 bridgehead atoms. The van der Waals surface area contributed by atoms with Crippen LogP contribution in [-0.2, 0) is 14.3 Å². The first-order chi connectivity index (χ1) is 14.2. The summed E-state index contributed by atoms with van der Waals surface area (Å²) in [5.41, 5.74) is 1.72. The minimum absolute atomic E-state index is 0.00481. The molecule has 8 heteroatoms. The fourth-order valence-corrected chi connectivity index (χ4v) is 5.80. The van der Waals surface area contributed by atoms with Crippen LogP contribution in [0.25, 0.3) is 10.2 Å². The average molecular weight is 434 g/mol. The Kier molecular flexibility index (Phi) is 7.05. The van der Waals surface area contributed by atoms with E-state index in [0.717, 1.165) is 65.4 Å². The van der Waals surface area contributed by atoms with Crippen LogP contribution >= 0.6 is 23.1 Å². The second kappa shape index (κ2) is 9.91. The highest BCUT2D eigenvalue weighted by Crippen LogP contribution is 2.32. The first-order valence-corrected chi connectivity index (χ1v) is 12.2. The second-order valence-corrected chi connectivity index (χ2v) is 9.97. The standard InChI is InChI=1S/C21H27N3O3S2/c25-19(22-12-16-7-4-10-27-16)13-28-21-24-17-9-8-15(11-18(17)29-21)23-20(26)14-5-2-1-3-6-14/h8-9,11,14,16H,1-7,10,12-13H2,(H,22,25)(H,23,26)/t16-/m0/s1. The predicted octanol–water partition coefficient (Wildman–Crippen LogP) is 4.20. The van der Waals surface area contributed by atoms with Gasteiger partial charge in [-0.1, -0.05) is 31.0 Å². The summed E-state index contributed by atoms with van der Waals surface area (Å²) in [6.07, 6.45) is 7.77. The number of nitrogens with zero attached hydrogens (tertiary/aromatic N) is 1. The van der Waals surface area contributed by atoms with Crippen LogP contribution < -0.4 is 10.6 Å². The van der Waals surface area contributed by atoms with E-state index in [1.807, 2.05) is 18.2 Å². The van der Waals surface area contributed by atoms with Crippen molar-refractivity contribution in [3.8, 4) is 0 Å². The normalized spacial score (nSPS) is 20.1. The topological polar surface area (TPSA) is 80.3 Å². The number of carbonyl (C=O) groups is 2. The van der Waals surface area contributed by atoms with Gasteiger partial charge in [-0.05, 0) is 43.9 Å². The SMILES string of the molecule is O=C(CSc1nc2ccc(NC(=O)C3CCCCC3)cc2s1)NC[C@@H]1CCCO1. The van der Waals surface area contributed by atoms with Crippen molar-refractivity contribution < 1.29 is 14.3 Å². The van der Waals surface area contributed by atoms with Crippen LogP contribution in [0, 0.1) is 5.92 Å². The summed E-state index contributed by atoms with van der Waals surface area (Å²) in [5, 5.41) is 6.00. The number of thiazole rings is 1. The van der Waals surface area contributed by atoms with Crippen molar-refractivity contribution in [1.29, 1.82) is 0 Å². The van der Waals surface area contributed by atoms with Crippen LogP contribution in [0.3, 0.4) is 0 Å². The molecule has 6 nitrogen and oxygen atoms in total. The number of fused-ring (bicyclic) bond motifs is 1. The van der Waals surface area contributed by atoms with E-state index in [2.05, 4.69) is 15.6 Å². The maximum Gasteiger partial charge on any atom is 0.230 e. The number of amides is 2. The molecule has 2 fully saturated rings. The van der Waals surface area contributed by atoms with Gasteiger partial charge in [0.25, 0.3) is 0 Å². The van der Waals surface area contributed by atoms with Crippen LogP contribution in [0.2, 0.25) is 0 Å². The van der Waals surface area contributed by atoms with Gasteiger partial charge in [-0.2, -0.15) is 0 Å². The van der Waals surface area contributed by atoms with E-state index in [9.17, 15) is 9.59 Å². The highest BCUT2D eigenvalue weighted by molar-refractivity contribution is 8.01. The van der Waals surface area contributed by atoms with Crippen LogP contribution in [-0.4, -0.2) is 41.8 Å². The largest absolute Gasteiger partial charge is 0.376 e. The minimum atomic E-state index is 0.00481. The third-order valence-corrected chi connectivity index (χ3v) is 7.65. The molecule has 1 saturated carbocycles. The Morgan fingerprint density at radius 3 is 2.83 bits per heavy atom. The number of ether oxygens (including phenoxy) is 1. The Bertz CT molecular complexity index is 858. The van der Waals surface area contributed by atoms with Crippen molar-refractivity contribution >= 4 is 50.8 Å². The molecule has 1 aliphatic heterocycles. The molecule has 1 atom stereocenters. The third kappa shape index (κ3) is 5.71. The van der Waals surface area contributed by atoms with Crippen molar-refractivity contribution in [3.05, 3.63) is 18.2 Å². The van der Waals surface area contributed by atoms with Gasteiger partial charge in [0.05, 0.1) is 22.1 Å². The number of benzene rings is 1. The summed E-state index contributed by atoms with van der Waals surface area (Å²) in [6, 6.07) is 5.82. The minimum Gasteiger partial charge on any atom is -0.376 e. The molecule has 0 radical (unpaired) electrons. The van der Waals surface area contributed by atoms with Gasteiger partial charge >= 0.3 is 0 Å². The van der Waals surface area contributed by atoms with E-state index in [1.54, 1.807) is 11.3 Å². The van der Waals surface area contributed by atoms with Gasteiger partial charge < -0.3 is 15.4 Å². The Labute approximate surface area is 179 Å². The molecule has 0 unspecified atom stereocenters. The number of anilines is 1. The fraction of sp³-hybridized carbons (Fsp3) is 0.571. The van der Waals surface area contributed by atoms with E-state index in [-0.39, 0.29) is 23.8 Å². The molecule has 4 rings (SSSR count). The third-order valence-electron chi connectivity index (χ3n) is 5.49. The zero-order valence-corrected chi connectivity index (χ0v) is 18.1. The molecule has 1 aliphatic carbocycles. The Hall–Kier alpha value is -1.64. The molecule has 2 N–H and O–H groups in total. The van der Waals surface area contributed by atoms with Crippen molar-refractivity contribution in [1.82, 2.24) is 10.3 Å². The van der Waals surface area contributed by atoms with E-state index in [0.29, 0.717) is 12.3 Å². The molecular weight excluding hydrogens is 406 g/mol. The van der Waals surface area contributed by atoms with E-state index < -0.39 is 0 Å². The van der Waals surface area contributed by atoms with Crippen LogP contribution in [0.4, 0.5) is 5.69 Å². The molecule has 156 valence electrons. The fourth-order valence-electron chi connectivity index (χ4n) is 3.86. The van der Waals surface area contributed by atoms with Gasteiger partial charge in [0.1, 0.15) is 0 Å². The van der Waals surface area contributed by atoms with Crippen molar-refractivity contribution in [2.75, 3.05) is 24.2 Å². The molecule has 29 heavy (non-hydrogen) atoms. The van der Waals surface area contributed by atoms with Gasteiger partial charge in [-0.3, -0.25) is 9.59 Å².